The van der Waals surface area contributed by atoms with Crippen molar-refractivity contribution in [2.45, 2.75) is 71.8 Å². The first-order valence-corrected chi connectivity index (χ1v) is 11.5. The lowest BCUT2D eigenvalue weighted by atomic mass is 10.00. The van der Waals surface area contributed by atoms with Crippen molar-refractivity contribution in [1.82, 2.24) is 4.90 Å². The van der Waals surface area contributed by atoms with Gasteiger partial charge in [0.2, 0.25) is 0 Å². The second kappa shape index (κ2) is 13.4. The van der Waals surface area contributed by atoms with Crippen LogP contribution < -0.4 is 0 Å². The van der Waals surface area contributed by atoms with Crippen LogP contribution >= 0.6 is 22.6 Å². The van der Waals surface area contributed by atoms with Crippen LogP contribution in [0.2, 0.25) is 0 Å². The van der Waals surface area contributed by atoms with E-state index in [0.29, 0.717) is 19.1 Å². The molecule has 26 heavy (non-hydrogen) atoms. The predicted molar refractivity (Wildman–Crippen MR) is 116 cm³/mol. The van der Waals surface area contributed by atoms with Crippen molar-refractivity contribution < 1.29 is 14.3 Å². The molecule has 0 spiro atoms. The SMILES string of the molecule is C=CC(OCCCCCI)=C(CC)N1CCCC[C@H]1C(=O)OCC(C)C. The summed E-state index contributed by atoms with van der Waals surface area (Å²) in [6.45, 7) is 12.2. The number of rotatable bonds is 12. The first kappa shape index (κ1) is 23.3. The van der Waals surface area contributed by atoms with E-state index in [9.17, 15) is 4.79 Å². The Morgan fingerprint density at radius 2 is 2.04 bits per heavy atom. The van der Waals surface area contributed by atoms with Gasteiger partial charge >= 0.3 is 5.97 Å². The average Bonchev–Trinajstić information content (AvgIpc) is 2.65. The van der Waals surface area contributed by atoms with Gasteiger partial charge in [-0.3, -0.25) is 0 Å². The fourth-order valence-corrected chi connectivity index (χ4v) is 3.72. The molecule has 0 N–H and O–H groups in total. The summed E-state index contributed by atoms with van der Waals surface area (Å²) in [6.07, 6.45) is 9.09. The number of carbonyl (C=O) groups is 1. The zero-order chi connectivity index (χ0) is 19.4. The van der Waals surface area contributed by atoms with Crippen LogP contribution in [0.15, 0.2) is 24.1 Å². The van der Waals surface area contributed by atoms with Crippen molar-refractivity contribution >= 4 is 28.6 Å². The van der Waals surface area contributed by atoms with Crippen molar-refractivity contribution in [3.8, 4) is 0 Å². The van der Waals surface area contributed by atoms with Crippen LogP contribution in [0.5, 0.6) is 0 Å². The highest BCUT2D eigenvalue weighted by Crippen LogP contribution is 2.27. The normalized spacial score (nSPS) is 18.5. The van der Waals surface area contributed by atoms with Crippen molar-refractivity contribution in [2.75, 3.05) is 24.2 Å². The van der Waals surface area contributed by atoms with Gasteiger partial charge in [-0.05, 0) is 61.4 Å². The number of alkyl halides is 1. The molecular weight excluding hydrogens is 441 g/mol. The van der Waals surface area contributed by atoms with Crippen molar-refractivity contribution in [3.05, 3.63) is 24.1 Å². The molecule has 0 saturated carbocycles. The third-order valence-electron chi connectivity index (χ3n) is 4.52. The van der Waals surface area contributed by atoms with Crippen LogP contribution in [0, 0.1) is 5.92 Å². The van der Waals surface area contributed by atoms with Gasteiger partial charge in [0.15, 0.2) is 0 Å². The lowest BCUT2D eigenvalue weighted by Crippen LogP contribution is -2.45. The smallest absolute Gasteiger partial charge is 0.328 e. The summed E-state index contributed by atoms with van der Waals surface area (Å²) in [7, 11) is 0. The maximum Gasteiger partial charge on any atom is 0.328 e. The molecule has 0 amide bonds. The molecule has 150 valence electrons. The van der Waals surface area contributed by atoms with Gasteiger partial charge in [-0.25, -0.2) is 4.79 Å². The fraction of sp³-hybridized carbons (Fsp3) is 0.762. The van der Waals surface area contributed by atoms with E-state index in [-0.39, 0.29) is 12.0 Å². The predicted octanol–water partition coefficient (Wildman–Crippen LogP) is 5.47. The number of piperidine rings is 1. The maximum atomic E-state index is 12.6. The molecule has 1 saturated heterocycles. The van der Waals surface area contributed by atoms with Crippen LogP contribution in [-0.2, 0) is 14.3 Å². The summed E-state index contributed by atoms with van der Waals surface area (Å²) >= 11 is 2.41. The highest BCUT2D eigenvalue weighted by Gasteiger charge is 2.32. The van der Waals surface area contributed by atoms with Crippen molar-refractivity contribution in [1.29, 1.82) is 0 Å². The zero-order valence-corrected chi connectivity index (χ0v) is 18.9. The molecule has 1 rings (SSSR count). The molecule has 1 atom stereocenters. The Morgan fingerprint density at radius 3 is 2.65 bits per heavy atom. The third kappa shape index (κ3) is 7.89. The van der Waals surface area contributed by atoms with Crippen LogP contribution in [0.4, 0.5) is 0 Å². The number of nitrogens with zero attached hydrogens (tertiary/aromatic N) is 1. The summed E-state index contributed by atoms with van der Waals surface area (Å²) in [5, 5.41) is 0. The molecule has 0 aromatic carbocycles. The number of carbonyl (C=O) groups excluding carboxylic acids is 1. The van der Waals surface area contributed by atoms with E-state index in [2.05, 4.69) is 54.8 Å². The Bertz CT molecular complexity index is 462. The lowest BCUT2D eigenvalue weighted by molar-refractivity contribution is -0.151. The van der Waals surface area contributed by atoms with Gasteiger partial charge in [0.25, 0.3) is 0 Å². The van der Waals surface area contributed by atoms with Crippen LogP contribution in [-0.4, -0.2) is 41.1 Å². The highest BCUT2D eigenvalue weighted by molar-refractivity contribution is 14.1. The number of ether oxygens (including phenoxy) is 2. The third-order valence-corrected chi connectivity index (χ3v) is 5.28. The van der Waals surface area contributed by atoms with E-state index >= 15 is 0 Å². The number of allylic oxidation sites excluding steroid dienone is 2. The Kier molecular flexibility index (Phi) is 12.1. The number of esters is 1. The molecule has 0 aliphatic carbocycles. The Hall–Kier alpha value is -0.720. The van der Waals surface area contributed by atoms with E-state index < -0.39 is 0 Å². The molecule has 4 nitrogen and oxygen atoms in total. The monoisotopic (exact) mass is 477 g/mol. The molecule has 1 aliphatic heterocycles. The van der Waals surface area contributed by atoms with E-state index in [1.807, 2.05) is 0 Å². The second-order valence-electron chi connectivity index (χ2n) is 7.20. The van der Waals surface area contributed by atoms with Gasteiger partial charge in [0.1, 0.15) is 11.8 Å². The maximum absolute atomic E-state index is 12.6. The van der Waals surface area contributed by atoms with Crippen LogP contribution in [0.1, 0.15) is 65.7 Å². The van der Waals surface area contributed by atoms with Gasteiger partial charge in [-0.2, -0.15) is 0 Å². The molecule has 0 aromatic heterocycles. The molecule has 0 radical (unpaired) electrons. The topological polar surface area (TPSA) is 38.8 Å². The number of halogens is 1. The van der Waals surface area contributed by atoms with E-state index in [1.165, 1.54) is 17.3 Å². The van der Waals surface area contributed by atoms with E-state index in [1.54, 1.807) is 6.08 Å². The van der Waals surface area contributed by atoms with Crippen LogP contribution in [0.25, 0.3) is 0 Å². The van der Waals surface area contributed by atoms with Crippen molar-refractivity contribution in [2.24, 2.45) is 5.92 Å². The van der Waals surface area contributed by atoms with E-state index in [4.69, 9.17) is 9.47 Å². The van der Waals surface area contributed by atoms with Gasteiger partial charge in [-0.1, -0.05) is 49.9 Å². The number of unbranched alkanes of at least 4 members (excludes halogenated alkanes) is 2. The minimum atomic E-state index is -0.199. The van der Waals surface area contributed by atoms with Gasteiger partial charge < -0.3 is 14.4 Å². The summed E-state index contributed by atoms with van der Waals surface area (Å²) in [5.41, 5.74) is 1.08. The summed E-state index contributed by atoms with van der Waals surface area (Å²) in [4.78, 5) is 14.8. The molecular formula is C21H36INO3. The first-order valence-electron chi connectivity index (χ1n) is 10.0. The summed E-state index contributed by atoms with van der Waals surface area (Å²) in [6, 6.07) is -0.199. The van der Waals surface area contributed by atoms with E-state index in [0.717, 1.165) is 50.1 Å². The van der Waals surface area contributed by atoms with Crippen LogP contribution in [0.3, 0.4) is 0 Å². The largest absolute Gasteiger partial charge is 0.492 e. The number of hydrogen-bond donors (Lipinski definition) is 0. The quantitative estimate of drug-likeness (QED) is 0.0934. The fourth-order valence-electron chi connectivity index (χ4n) is 3.18. The minimum Gasteiger partial charge on any atom is -0.492 e. The number of likely N-dealkylation sites (tertiary alicyclic amines) is 1. The van der Waals surface area contributed by atoms with Crippen molar-refractivity contribution in [3.63, 3.8) is 0 Å². The second-order valence-corrected chi connectivity index (χ2v) is 8.27. The molecule has 0 aromatic rings. The Morgan fingerprint density at radius 1 is 1.27 bits per heavy atom. The molecule has 1 fully saturated rings. The summed E-state index contributed by atoms with van der Waals surface area (Å²) in [5.74, 6) is 1.08. The minimum absolute atomic E-state index is 0.102. The number of hydrogen-bond acceptors (Lipinski definition) is 4. The zero-order valence-electron chi connectivity index (χ0n) is 16.8. The van der Waals surface area contributed by atoms with Gasteiger partial charge in [0.05, 0.1) is 18.9 Å². The highest BCUT2D eigenvalue weighted by atomic mass is 127. The average molecular weight is 477 g/mol. The summed E-state index contributed by atoms with van der Waals surface area (Å²) < 4.78 is 12.8. The molecule has 0 unspecified atom stereocenters. The Balaban J connectivity index is 2.82. The molecule has 1 aliphatic rings. The Labute approximate surface area is 173 Å². The standard InChI is InChI=1S/C21H36INO3/c1-5-18(20(6-2)25-15-11-7-9-13-22)23-14-10-8-12-19(23)21(24)26-16-17(3)4/h6,17,19H,2,5,7-16H2,1,3-4H3/t19-/m0/s1. The van der Waals surface area contributed by atoms with Gasteiger partial charge in [0, 0.05) is 6.54 Å². The molecule has 1 heterocycles. The first-order chi connectivity index (χ1) is 12.5. The lowest BCUT2D eigenvalue weighted by Gasteiger charge is -2.38. The van der Waals surface area contributed by atoms with Gasteiger partial charge in [-0.15, -0.1) is 0 Å². The molecule has 0 bridgehead atoms. The molecule has 5 heteroatoms.